The van der Waals surface area contributed by atoms with Gasteiger partial charge in [-0.05, 0) is 30.8 Å². The van der Waals surface area contributed by atoms with Gasteiger partial charge < -0.3 is 19.5 Å². The molecule has 1 saturated heterocycles. The van der Waals surface area contributed by atoms with Crippen molar-refractivity contribution in [3.8, 4) is 5.75 Å². The molecule has 1 aliphatic heterocycles. The van der Waals surface area contributed by atoms with E-state index < -0.39 is 0 Å². The first-order chi connectivity index (χ1) is 14.0. The summed E-state index contributed by atoms with van der Waals surface area (Å²) in [5, 5.41) is 3.00. The SMILES string of the molecule is COc1ccc(CN2CCN(C)CC2)cc1NC(=O)c1ccnc2c1ncn2C. The van der Waals surface area contributed by atoms with Gasteiger partial charge in [0.15, 0.2) is 5.65 Å². The lowest BCUT2D eigenvalue weighted by Gasteiger charge is -2.32. The van der Waals surface area contributed by atoms with E-state index >= 15 is 0 Å². The van der Waals surface area contributed by atoms with E-state index in [2.05, 4.69) is 38.2 Å². The standard InChI is InChI=1S/C21H26N6O2/c1-25-8-10-27(11-9-25)13-15-4-5-18(29-3)17(12-15)24-21(28)16-6-7-22-20-19(16)23-14-26(20)2/h4-7,12,14H,8-11,13H2,1-3H3,(H,24,28). The van der Waals surface area contributed by atoms with Crippen LogP contribution in [-0.2, 0) is 13.6 Å². The number of carbonyl (C=O) groups is 1. The summed E-state index contributed by atoms with van der Waals surface area (Å²) >= 11 is 0. The van der Waals surface area contributed by atoms with E-state index in [1.165, 1.54) is 0 Å². The minimum atomic E-state index is -0.230. The zero-order valence-electron chi connectivity index (χ0n) is 17.1. The fourth-order valence-corrected chi connectivity index (χ4v) is 3.62. The van der Waals surface area contributed by atoms with Crippen LogP contribution in [0.1, 0.15) is 15.9 Å². The molecule has 152 valence electrons. The Kier molecular flexibility index (Phi) is 5.46. The van der Waals surface area contributed by atoms with Crippen molar-refractivity contribution in [1.29, 1.82) is 0 Å². The van der Waals surface area contributed by atoms with Crippen LogP contribution in [0.25, 0.3) is 11.2 Å². The summed E-state index contributed by atoms with van der Waals surface area (Å²) in [6, 6.07) is 7.64. The molecule has 1 amide bonds. The molecule has 0 spiro atoms. The molecule has 0 aliphatic carbocycles. The van der Waals surface area contributed by atoms with Crippen molar-refractivity contribution >= 4 is 22.8 Å². The molecule has 1 N–H and O–H groups in total. The number of hydrogen-bond acceptors (Lipinski definition) is 6. The normalized spacial score (nSPS) is 15.6. The summed E-state index contributed by atoms with van der Waals surface area (Å²) in [6.07, 6.45) is 3.28. The van der Waals surface area contributed by atoms with Gasteiger partial charge in [0.1, 0.15) is 11.3 Å². The molecule has 0 bridgehead atoms. The number of nitrogens with one attached hydrogen (secondary N) is 1. The van der Waals surface area contributed by atoms with Crippen LogP contribution in [-0.4, -0.2) is 70.6 Å². The molecular formula is C21H26N6O2. The first-order valence-electron chi connectivity index (χ1n) is 9.70. The van der Waals surface area contributed by atoms with Crippen molar-refractivity contribution in [3.63, 3.8) is 0 Å². The van der Waals surface area contributed by atoms with Crippen LogP contribution in [0.3, 0.4) is 0 Å². The minimum Gasteiger partial charge on any atom is -0.495 e. The molecule has 0 radical (unpaired) electrons. The number of nitrogens with zero attached hydrogens (tertiary/aromatic N) is 5. The van der Waals surface area contributed by atoms with E-state index in [0.29, 0.717) is 28.2 Å². The smallest absolute Gasteiger partial charge is 0.258 e. The number of fused-ring (bicyclic) bond motifs is 1. The van der Waals surface area contributed by atoms with Gasteiger partial charge in [0.05, 0.1) is 24.7 Å². The molecule has 1 fully saturated rings. The molecule has 1 aromatic carbocycles. The van der Waals surface area contributed by atoms with Gasteiger partial charge >= 0.3 is 0 Å². The van der Waals surface area contributed by atoms with Crippen LogP contribution >= 0.6 is 0 Å². The van der Waals surface area contributed by atoms with Gasteiger partial charge in [0.2, 0.25) is 0 Å². The predicted molar refractivity (Wildman–Crippen MR) is 112 cm³/mol. The summed E-state index contributed by atoms with van der Waals surface area (Å²) in [7, 11) is 5.61. The van der Waals surface area contributed by atoms with Crippen molar-refractivity contribution in [2.75, 3.05) is 45.7 Å². The molecule has 0 atom stereocenters. The Labute approximate surface area is 170 Å². The topological polar surface area (TPSA) is 75.5 Å². The fraction of sp³-hybridized carbons (Fsp3) is 0.381. The average Bonchev–Trinajstić information content (AvgIpc) is 3.11. The van der Waals surface area contributed by atoms with Crippen molar-refractivity contribution in [3.05, 3.63) is 47.9 Å². The third-order valence-electron chi connectivity index (χ3n) is 5.36. The molecule has 29 heavy (non-hydrogen) atoms. The second-order valence-electron chi connectivity index (χ2n) is 7.45. The number of hydrogen-bond donors (Lipinski definition) is 1. The van der Waals surface area contributed by atoms with Gasteiger partial charge in [0, 0.05) is 46.0 Å². The first kappa shape index (κ1) is 19.4. The maximum absolute atomic E-state index is 13.0. The first-order valence-corrected chi connectivity index (χ1v) is 9.70. The molecular weight excluding hydrogens is 368 g/mol. The average molecular weight is 394 g/mol. The maximum atomic E-state index is 13.0. The number of carbonyl (C=O) groups excluding carboxylic acids is 1. The molecule has 0 saturated carbocycles. The third kappa shape index (κ3) is 4.08. The van der Waals surface area contributed by atoms with Crippen molar-refractivity contribution in [2.45, 2.75) is 6.54 Å². The van der Waals surface area contributed by atoms with Gasteiger partial charge in [0.25, 0.3) is 5.91 Å². The van der Waals surface area contributed by atoms with Crippen molar-refractivity contribution in [1.82, 2.24) is 24.3 Å². The quantitative estimate of drug-likeness (QED) is 0.713. The third-order valence-corrected chi connectivity index (χ3v) is 5.36. The number of pyridine rings is 1. The van der Waals surface area contributed by atoms with Gasteiger partial charge in [-0.25, -0.2) is 9.97 Å². The number of amides is 1. The van der Waals surface area contributed by atoms with Crippen LogP contribution in [0.4, 0.5) is 5.69 Å². The van der Waals surface area contributed by atoms with Gasteiger partial charge in [-0.3, -0.25) is 9.69 Å². The van der Waals surface area contributed by atoms with Crippen LogP contribution in [0, 0.1) is 0 Å². The number of methoxy groups -OCH3 is 1. The highest BCUT2D eigenvalue weighted by molar-refractivity contribution is 6.11. The lowest BCUT2D eigenvalue weighted by atomic mass is 10.1. The van der Waals surface area contributed by atoms with Crippen LogP contribution < -0.4 is 10.1 Å². The highest BCUT2D eigenvalue weighted by atomic mass is 16.5. The Morgan fingerprint density at radius 2 is 1.93 bits per heavy atom. The molecule has 3 aromatic rings. The highest BCUT2D eigenvalue weighted by Gasteiger charge is 2.18. The molecule has 8 heteroatoms. The summed E-state index contributed by atoms with van der Waals surface area (Å²) in [6.45, 7) is 5.07. The second kappa shape index (κ2) is 8.18. The largest absolute Gasteiger partial charge is 0.495 e. The van der Waals surface area contributed by atoms with Crippen LogP contribution in [0.15, 0.2) is 36.8 Å². The van der Waals surface area contributed by atoms with E-state index in [1.807, 2.05) is 19.2 Å². The van der Waals surface area contributed by atoms with E-state index in [9.17, 15) is 4.79 Å². The van der Waals surface area contributed by atoms with E-state index in [1.54, 1.807) is 30.3 Å². The monoisotopic (exact) mass is 394 g/mol. The second-order valence-corrected chi connectivity index (χ2v) is 7.45. The number of piperazine rings is 1. The Bertz CT molecular complexity index is 1020. The predicted octanol–water partition coefficient (Wildman–Crippen LogP) is 1.98. The zero-order valence-corrected chi connectivity index (χ0v) is 17.1. The lowest BCUT2D eigenvalue weighted by molar-refractivity contribution is 0.102. The zero-order chi connectivity index (χ0) is 20.4. The lowest BCUT2D eigenvalue weighted by Crippen LogP contribution is -2.43. The maximum Gasteiger partial charge on any atom is 0.258 e. The number of aryl methyl sites for hydroxylation is 1. The Morgan fingerprint density at radius 1 is 1.14 bits per heavy atom. The summed E-state index contributed by atoms with van der Waals surface area (Å²) in [5.74, 6) is 0.401. The molecule has 3 heterocycles. The number of rotatable bonds is 5. The highest BCUT2D eigenvalue weighted by Crippen LogP contribution is 2.27. The van der Waals surface area contributed by atoms with Crippen LogP contribution in [0.5, 0.6) is 5.75 Å². The Morgan fingerprint density at radius 3 is 2.69 bits per heavy atom. The summed E-state index contributed by atoms with van der Waals surface area (Å²) in [5.41, 5.74) is 3.55. The number of ether oxygens (including phenoxy) is 1. The molecule has 4 rings (SSSR count). The molecule has 2 aromatic heterocycles. The van der Waals surface area contributed by atoms with E-state index in [-0.39, 0.29) is 5.91 Å². The Balaban J connectivity index is 1.56. The minimum absolute atomic E-state index is 0.230. The van der Waals surface area contributed by atoms with Crippen molar-refractivity contribution in [2.24, 2.45) is 7.05 Å². The number of likely N-dealkylation sites (N-methyl/N-ethyl adjacent to an activating group) is 1. The molecule has 8 nitrogen and oxygen atoms in total. The van der Waals surface area contributed by atoms with E-state index in [4.69, 9.17) is 4.74 Å². The summed E-state index contributed by atoms with van der Waals surface area (Å²) in [4.78, 5) is 26.4. The molecule has 0 unspecified atom stereocenters. The van der Waals surface area contributed by atoms with Crippen molar-refractivity contribution < 1.29 is 9.53 Å². The van der Waals surface area contributed by atoms with Gasteiger partial charge in [-0.1, -0.05) is 6.07 Å². The number of aromatic nitrogens is 3. The van der Waals surface area contributed by atoms with Gasteiger partial charge in [-0.15, -0.1) is 0 Å². The number of anilines is 1. The number of benzene rings is 1. The molecule has 1 aliphatic rings. The Hall–Kier alpha value is -2.97. The van der Waals surface area contributed by atoms with Gasteiger partial charge in [-0.2, -0.15) is 0 Å². The fourth-order valence-electron chi connectivity index (χ4n) is 3.62. The van der Waals surface area contributed by atoms with E-state index in [0.717, 1.165) is 38.3 Å². The summed E-state index contributed by atoms with van der Waals surface area (Å²) < 4.78 is 7.26. The van der Waals surface area contributed by atoms with Crippen LogP contribution in [0.2, 0.25) is 0 Å². The number of imidazole rings is 1.